The summed E-state index contributed by atoms with van der Waals surface area (Å²) in [6, 6.07) is 6.76. The SMILES string of the molecule is Cn1ccc(C(=O)NCc2cccnc2N2CCOCC2)cc1=O. The van der Waals surface area contributed by atoms with Gasteiger partial charge in [-0.3, -0.25) is 9.59 Å². The van der Waals surface area contributed by atoms with E-state index >= 15 is 0 Å². The van der Waals surface area contributed by atoms with Gasteiger partial charge in [-0.05, 0) is 12.1 Å². The molecule has 7 heteroatoms. The van der Waals surface area contributed by atoms with Gasteiger partial charge in [-0.15, -0.1) is 0 Å². The van der Waals surface area contributed by atoms with E-state index in [1.165, 1.54) is 10.6 Å². The number of aromatic nitrogens is 2. The number of aryl methyl sites for hydroxylation is 1. The van der Waals surface area contributed by atoms with Gasteiger partial charge in [0.25, 0.3) is 11.5 Å². The van der Waals surface area contributed by atoms with E-state index in [0.29, 0.717) is 25.3 Å². The summed E-state index contributed by atoms with van der Waals surface area (Å²) in [4.78, 5) is 30.5. The number of morpholine rings is 1. The fourth-order valence-electron chi connectivity index (χ4n) is 2.60. The Morgan fingerprint density at radius 3 is 2.88 bits per heavy atom. The third-order valence-corrected chi connectivity index (χ3v) is 3.98. The maximum Gasteiger partial charge on any atom is 0.251 e. The fraction of sp³-hybridized carbons (Fsp3) is 0.353. The minimum atomic E-state index is -0.274. The van der Waals surface area contributed by atoms with E-state index in [9.17, 15) is 9.59 Å². The predicted molar refractivity (Wildman–Crippen MR) is 90.1 cm³/mol. The highest BCUT2D eigenvalue weighted by Crippen LogP contribution is 2.18. The van der Waals surface area contributed by atoms with Crippen molar-refractivity contribution in [2.75, 3.05) is 31.2 Å². The summed E-state index contributed by atoms with van der Waals surface area (Å²) in [5, 5.41) is 2.86. The van der Waals surface area contributed by atoms with Gasteiger partial charge in [0.1, 0.15) is 5.82 Å². The molecule has 7 nitrogen and oxygen atoms in total. The zero-order valence-electron chi connectivity index (χ0n) is 13.6. The number of carbonyl (C=O) groups is 1. The lowest BCUT2D eigenvalue weighted by molar-refractivity contribution is 0.0950. The number of nitrogens with zero attached hydrogens (tertiary/aromatic N) is 3. The van der Waals surface area contributed by atoms with Crippen molar-refractivity contribution in [3.8, 4) is 0 Å². The van der Waals surface area contributed by atoms with Crippen LogP contribution in [0.3, 0.4) is 0 Å². The second-order valence-electron chi connectivity index (χ2n) is 5.63. The third kappa shape index (κ3) is 3.62. The monoisotopic (exact) mass is 328 g/mol. The summed E-state index contributed by atoms with van der Waals surface area (Å²) >= 11 is 0. The Balaban J connectivity index is 1.71. The Morgan fingerprint density at radius 2 is 2.12 bits per heavy atom. The Bertz CT molecular complexity index is 781. The molecule has 24 heavy (non-hydrogen) atoms. The van der Waals surface area contributed by atoms with Crippen LogP contribution in [0.1, 0.15) is 15.9 Å². The Labute approximate surface area is 139 Å². The van der Waals surface area contributed by atoms with Crippen molar-refractivity contribution in [3.05, 3.63) is 58.1 Å². The molecule has 126 valence electrons. The molecule has 0 bridgehead atoms. The van der Waals surface area contributed by atoms with Crippen LogP contribution in [0, 0.1) is 0 Å². The summed E-state index contributed by atoms with van der Waals surface area (Å²) in [6.07, 6.45) is 3.33. The summed E-state index contributed by atoms with van der Waals surface area (Å²) in [7, 11) is 1.65. The third-order valence-electron chi connectivity index (χ3n) is 3.98. The molecule has 0 saturated carbocycles. The number of rotatable bonds is 4. The number of nitrogens with one attached hydrogen (secondary N) is 1. The van der Waals surface area contributed by atoms with Gasteiger partial charge in [-0.1, -0.05) is 6.07 Å². The van der Waals surface area contributed by atoms with Crippen LogP contribution in [0.2, 0.25) is 0 Å². The highest BCUT2D eigenvalue weighted by Gasteiger charge is 2.16. The van der Waals surface area contributed by atoms with Crippen LogP contribution in [-0.2, 0) is 18.3 Å². The van der Waals surface area contributed by atoms with Crippen molar-refractivity contribution in [1.29, 1.82) is 0 Å². The van der Waals surface area contributed by atoms with E-state index < -0.39 is 0 Å². The summed E-state index contributed by atoms with van der Waals surface area (Å²) < 4.78 is 6.79. The summed E-state index contributed by atoms with van der Waals surface area (Å²) in [6.45, 7) is 3.28. The molecule has 0 radical (unpaired) electrons. The van der Waals surface area contributed by atoms with Gasteiger partial charge in [-0.25, -0.2) is 4.98 Å². The van der Waals surface area contributed by atoms with Gasteiger partial charge in [0.05, 0.1) is 13.2 Å². The normalized spacial score (nSPS) is 14.5. The van der Waals surface area contributed by atoms with Crippen LogP contribution in [0.15, 0.2) is 41.5 Å². The number of hydrogen-bond acceptors (Lipinski definition) is 5. The Kier molecular flexibility index (Phi) is 4.90. The minimum Gasteiger partial charge on any atom is -0.378 e. The van der Waals surface area contributed by atoms with E-state index in [0.717, 1.165) is 24.5 Å². The molecule has 0 aliphatic carbocycles. The average molecular weight is 328 g/mol. The van der Waals surface area contributed by atoms with Crippen molar-refractivity contribution < 1.29 is 9.53 Å². The second kappa shape index (κ2) is 7.27. The highest BCUT2D eigenvalue weighted by atomic mass is 16.5. The molecule has 2 aromatic heterocycles. The molecule has 1 N–H and O–H groups in total. The second-order valence-corrected chi connectivity index (χ2v) is 5.63. The van der Waals surface area contributed by atoms with Gasteiger partial charge in [0.2, 0.25) is 0 Å². The molecule has 0 spiro atoms. The smallest absolute Gasteiger partial charge is 0.251 e. The first-order valence-electron chi connectivity index (χ1n) is 7.86. The number of anilines is 1. The average Bonchev–Trinajstić information content (AvgIpc) is 2.63. The molecule has 1 aliphatic heterocycles. The van der Waals surface area contributed by atoms with Crippen LogP contribution in [0.25, 0.3) is 0 Å². The molecular formula is C17H20N4O3. The van der Waals surface area contributed by atoms with Gasteiger partial charge in [-0.2, -0.15) is 0 Å². The van der Waals surface area contributed by atoms with Crippen molar-refractivity contribution in [2.45, 2.75) is 6.54 Å². The number of amides is 1. The van der Waals surface area contributed by atoms with E-state index in [1.807, 2.05) is 12.1 Å². The molecule has 0 atom stereocenters. The van der Waals surface area contributed by atoms with Gasteiger partial charge < -0.3 is 19.5 Å². The standard InChI is InChI=1S/C17H20N4O3/c1-20-6-4-13(11-15(20)22)17(23)19-12-14-3-2-5-18-16(14)21-7-9-24-10-8-21/h2-6,11H,7-10,12H2,1H3,(H,19,23). The summed E-state index contributed by atoms with van der Waals surface area (Å²) in [5.41, 5.74) is 1.09. The van der Waals surface area contributed by atoms with Crippen LogP contribution in [-0.4, -0.2) is 41.8 Å². The largest absolute Gasteiger partial charge is 0.378 e. The molecule has 3 rings (SSSR count). The molecule has 0 aromatic carbocycles. The van der Waals surface area contributed by atoms with Crippen molar-refractivity contribution >= 4 is 11.7 Å². The molecule has 1 fully saturated rings. The zero-order chi connectivity index (χ0) is 16.9. The molecular weight excluding hydrogens is 308 g/mol. The van der Waals surface area contributed by atoms with Crippen LogP contribution < -0.4 is 15.8 Å². The van der Waals surface area contributed by atoms with Gasteiger partial charge >= 0.3 is 0 Å². The first kappa shape index (κ1) is 16.2. The quantitative estimate of drug-likeness (QED) is 0.887. The number of pyridine rings is 2. The molecule has 3 heterocycles. The number of hydrogen-bond donors (Lipinski definition) is 1. The first-order valence-corrected chi connectivity index (χ1v) is 7.86. The molecule has 1 aliphatic rings. The minimum absolute atomic E-state index is 0.210. The lowest BCUT2D eigenvalue weighted by atomic mass is 10.2. The van der Waals surface area contributed by atoms with Crippen molar-refractivity contribution in [3.63, 3.8) is 0 Å². The summed E-state index contributed by atoms with van der Waals surface area (Å²) in [5.74, 6) is 0.592. The number of carbonyl (C=O) groups excluding carboxylic acids is 1. The maximum absolute atomic E-state index is 12.3. The van der Waals surface area contributed by atoms with Crippen molar-refractivity contribution in [2.24, 2.45) is 7.05 Å². The molecule has 1 saturated heterocycles. The molecule has 2 aromatic rings. The Morgan fingerprint density at radius 1 is 1.33 bits per heavy atom. The van der Waals surface area contributed by atoms with E-state index in [2.05, 4.69) is 15.2 Å². The predicted octanol–water partition coefficient (Wildman–Crippen LogP) is 0.547. The fourth-order valence-corrected chi connectivity index (χ4v) is 2.60. The zero-order valence-corrected chi connectivity index (χ0v) is 13.6. The molecule has 1 amide bonds. The molecule has 0 unspecified atom stereocenters. The van der Waals surface area contributed by atoms with E-state index in [1.54, 1.807) is 25.5 Å². The van der Waals surface area contributed by atoms with Gasteiger partial charge in [0.15, 0.2) is 0 Å². The van der Waals surface area contributed by atoms with Crippen molar-refractivity contribution in [1.82, 2.24) is 14.9 Å². The number of ether oxygens (including phenoxy) is 1. The maximum atomic E-state index is 12.3. The van der Waals surface area contributed by atoms with Crippen LogP contribution >= 0.6 is 0 Å². The Hall–Kier alpha value is -2.67. The van der Waals surface area contributed by atoms with Crippen LogP contribution in [0.5, 0.6) is 0 Å². The van der Waals surface area contributed by atoms with E-state index in [4.69, 9.17) is 4.74 Å². The van der Waals surface area contributed by atoms with E-state index in [-0.39, 0.29) is 11.5 Å². The highest BCUT2D eigenvalue weighted by molar-refractivity contribution is 5.94. The topological polar surface area (TPSA) is 76.5 Å². The first-order chi connectivity index (χ1) is 11.6. The lowest BCUT2D eigenvalue weighted by Crippen LogP contribution is -2.38. The lowest BCUT2D eigenvalue weighted by Gasteiger charge is -2.29. The van der Waals surface area contributed by atoms with Crippen LogP contribution in [0.4, 0.5) is 5.82 Å². The van der Waals surface area contributed by atoms with Gasteiger partial charge in [0, 0.05) is 56.3 Å².